The number of nitro benzene ring substituents is 1. The smallest absolute Gasteiger partial charge is 0.342 e. The normalized spacial score (nSPS) is 16.2. The first-order valence-corrected chi connectivity index (χ1v) is 5.88. The summed E-state index contributed by atoms with van der Waals surface area (Å²) in [7, 11) is 0. The van der Waals surface area contributed by atoms with Crippen LogP contribution in [0.3, 0.4) is 0 Å². The number of hydrogen-bond donors (Lipinski definition) is 1. The number of rotatable bonds is 4. The fraction of sp³-hybridized carbons (Fsp3) is 0.417. The van der Waals surface area contributed by atoms with Gasteiger partial charge in [0.25, 0.3) is 5.69 Å². The van der Waals surface area contributed by atoms with Crippen molar-refractivity contribution >= 4 is 11.7 Å². The minimum absolute atomic E-state index is 0.282. The van der Waals surface area contributed by atoms with Crippen LogP contribution in [0.4, 0.5) is 5.69 Å². The second kappa shape index (κ2) is 5.77. The van der Waals surface area contributed by atoms with Crippen LogP contribution >= 0.6 is 0 Å². The topological polar surface area (TPSA) is 92.9 Å². The van der Waals surface area contributed by atoms with Crippen LogP contribution in [-0.4, -0.2) is 47.2 Å². The molecule has 0 aromatic heterocycles. The summed E-state index contributed by atoms with van der Waals surface area (Å²) in [5, 5.41) is 19.8. The second-order valence-electron chi connectivity index (χ2n) is 4.30. The monoisotopic (exact) mass is 266 g/mol. The fourth-order valence-corrected chi connectivity index (χ4v) is 2.02. The third kappa shape index (κ3) is 3.27. The summed E-state index contributed by atoms with van der Waals surface area (Å²) < 4.78 is 5.22. The lowest BCUT2D eigenvalue weighted by Gasteiger charge is -2.26. The van der Waals surface area contributed by atoms with Gasteiger partial charge >= 0.3 is 5.97 Å². The number of carboxylic acid groups (broad SMARTS) is 1. The average molecular weight is 266 g/mol. The molecule has 2 rings (SSSR count). The Hall–Kier alpha value is -1.99. The second-order valence-corrected chi connectivity index (χ2v) is 4.30. The molecular formula is C12H14N2O5. The molecule has 7 heteroatoms. The van der Waals surface area contributed by atoms with Crippen molar-refractivity contribution in [2.75, 3.05) is 26.3 Å². The number of benzene rings is 1. The number of nitrogens with zero attached hydrogens (tertiary/aromatic N) is 2. The van der Waals surface area contributed by atoms with Crippen LogP contribution in [0.1, 0.15) is 15.9 Å². The minimum atomic E-state index is -1.29. The molecule has 0 spiro atoms. The highest BCUT2D eigenvalue weighted by atomic mass is 16.6. The van der Waals surface area contributed by atoms with Gasteiger partial charge in [0.2, 0.25) is 0 Å². The average Bonchev–Trinajstić information content (AvgIpc) is 2.39. The van der Waals surface area contributed by atoms with Gasteiger partial charge in [-0.3, -0.25) is 15.0 Å². The SMILES string of the molecule is O=C(O)c1ccc(CN2CCOCC2)cc1[N+](=O)[O-]. The van der Waals surface area contributed by atoms with Gasteiger partial charge in [-0.25, -0.2) is 4.79 Å². The highest BCUT2D eigenvalue weighted by molar-refractivity contribution is 5.92. The molecule has 1 fully saturated rings. The molecule has 1 saturated heterocycles. The molecule has 0 bridgehead atoms. The molecule has 19 heavy (non-hydrogen) atoms. The van der Waals surface area contributed by atoms with Gasteiger partial charge < -0.3 is 9.84 Å². The van der Waals surface area contributed by atoms with Gasteiger partial charge in [0.05, 0.1) is 18.1 Å². The van der Waals surface area contributed by atoms with Crippen molar-refractivity contribution in [2.24, 2.45) is 0 Å². The van der Waals surface area contributed by atoms with Crippen LogP contribution in [0.5, 0.6) is 0 Å². The number of ether oxygens (including phenoxy) is 1. The van der Waals surface area contributed by atoms with Crippen molar-refractivity contribution in [3.8, 4) is 0 Å². The third-order valence-corrected chi connectivity index (χ3v) is 3.00. The molecule has 0 radical (unpaired) electrons. The van der Waals surface area contributed by atoms with E-state index in [-0.39, 0.29) is 11.3 Å². The molecule has 0 amide bonds. The van der Waals surface area contributed by atoms with Gasteiger partial charge in [0.15, 0.2) is 0 Å². The third-order valence-electron chi connectivity index (χ3n) is 3.00. The van der Waals surface area contributed by atoms with Crippen molar-refractivity contribution < 1.29 is 19.6 Å². The zero-order valence-corrected chi connectivity index (χ0v) is 10.2. The van der Waals surface area contributed by atoms with E-state index < -0.39 is 10.9 Å². The van der Waals surface area contributed by atoms with E-state index in [1.165, 1.54) is 12.1 Å². The van der Waals surface area contributed by atoms with E-state index >= 15 is 0 Å². The van der Waals surface area contributed by atoms with Crippen molar-refractivity contribution in [2.45, 2.75) is 6.54 Å². The zero-order valence-electron chi connectivity index (χ0n) is 10.2. The van der Waals surface area contributed by atoms with E-state index in [9.17, 15) is 14.9 Å². The van der Waals surface area contributed by atoms with Crippen LogP contribution in [-0.2, 0) is 11.3 Å². The molecule has 1 aliphatic rings. The predicted molar refractivity (Wildman–Crippen MR) is 66.2 cm³/mol. The molecule has 0 saturated carbocycles. The van der Waals surface area contributed by atoms with Crippen LogP contribution in [0, 0.1) is 10.1 Å². The van der Waals surface area contributed by atoms with Gasteiger partial charge in [-0.15, -0.1) is 0 Å². The lowest BCUT2D eigenvalue weighted by atomic mass is 10.1. The number of morpholine rings is 1. The summed E-state index contributed by atoms with van der Waals surface area (Å²) in [5.41, 5.74) is 0.0904. The Morgan fingerprint density at radius 1 is 1.42 bits per heavy atom. The largest absolute Gasteiger partial charge is 0.477 e. The first kappa shape index (κ1) is 13.4. The molecular weight excluding hydrogens is 252 g/mol. The summed E-state index contributed by atoms with van der Waals surface area (Å²) in [6.45, 7) is 3.40. The van der Waals surface area contributed by atoms with Gasteiger partial charge in [-0.1, -0.05) is 6.07 Å². The van der Waals surface area contributed by atoms with E-state index in [0.717, 1.165) is 18.7 Å². The fourth-order valence-electron chi connectivity index (χ4n) is 2.02. The highest BCUT2D eigenvalue weighted by Gasteiger charge is 2.21. The Labute approximate surface area is 109 Å². The minimum Gasteiger partial charge on any atom is -0.477 e. The Morgan fingerprint density at radius 2 is 2.11 bits per heavy atom. The molecule has 0 atom stereocenters. The van der Waals surface area contributed by atoms with Crippen LogP contribution < -0.4 is 0 Å². The van der Waals surface area contributed by atoms with Crippen LogP contribution in [0.25, 0.3) is 0 Å². The maximum absolute atomic E-state index is 10.9. The van der Waals surface area contributed by atoms with Crippen molar-refractivity contribution in [3.05, 3.63) is 39.4 Å². The molecule has 1 aromatic rings. The van der Waals surface area contributed by atoms with Crippen molar-refractivity contribution in [1.29, 1.82) is 0 Å². The zero-order chi connectivity index (χ0) is 13.8. The van der Waals surface area contributed by atoms with Gasteiger partial charge in [-0.2, -0.15) is 0 Å². The summed E-state index contributed by atoms with van der Waals surface area (Å²) in [6, 6.07) is 4.24. The molecule has 0 unspecified atom stereocenters. The van der Waals surface area contributed by atoms with E-state index in [4.69, 9.17) is 9.84 Å². The van der Waals surface area contributed by atoms with Crippen LogP contribution in [0.15, 0.2) is 18.2 Å². The molecule has 102 valence electrons. The number of carbonyl (C=O) groups is 1. The maximum Gasteiger partial charge on any atom is 0.342 e. The van der Waals surface area contributed by atoms with Gasteiger partial charge in [0.1, 0.15) is 5.56 Å². The van der Waals surface area contributed by atoms with Gasteiger partial charge in [0, 0.05) is 25.7 Å². The standard InChI is InChI=1S/C12H14N2O5/c15-12(16)10-2-1-9(7-11(10)14(17)18)8-13-3-5-19-6-4-13/h1-2,7H,3-6,8H2,(H,15,16). The number of aromatic carboxylic acids is 1. The molecule has 0 aliphatic carbocycles. The first-order chi connectivity index (χ1) is 9.08. The molecule has 1 heterocycles. The molecule has 1 aliphatic heterocycles. The number of nitro groups is 1. The Balaban J connectivity index is 2.20. The summed E-state index contributed by atoms with van der Waals surface area (Å²) >= 11 is 0. The molecule has 7 nitrogen and oxygen atoms in total. The van der Waals surface area contributed by atoms with Crippen molar-refractivity contribution in [3.63, 3.8) is 0 Å². The van der Waals surface area contributed by atoms with Gasteiger partial charge in [-0.05, 0) is 11.6 Å². The van der Waals surface area contributed by atoms with E-state index in [0.29, 0.717) is 19.8 Å². The first-order valence-electron chi connectivity index (χ1n) is 5.88. The Bertz CT molecular complexity index is 497. The lowest BCUT2D eigenvalue weighted by molar-refractivity contribution is -0.385. The summed E-state index contributed by atoms with van der Waals surface area (Å²) in [5.74, 6) is -1.29. The number of carboxylic acids is 1. The highest BCUT2D eigenvalue weighted by Crippen LogP contribution is 2.21. The van der Waals surface area contributed by atoms with E-state index in [1.807, 2.05) is 0 Å². The molecule has 1 N–H and O–H groups in total. The van der Waals surface area contributed by atoms with E-state index in [1.54, 1.807) is 6.07 Å². The Morgan fingerprint density at radius 3 is 2.68 bits per heavy atom. The maximum atomic E-state index is 10.9. The Kier molecular flexibility index (Phi) is 4.08. The van der Waals surface area contributed by atoms with E-state index in [2.05, 4.69) is 4.90 Å². The van der Waals surface area contributed by atoms with Crippen molar-refractivity contribution in [1.82, 2.24) is 4.90 Å². The summed E-state index contributed by atoms with van der Waals surface area (Å²) in [6.07, 6.45) is 0. The quantitative estimate of drug-likeness (QED) is 0.648. The predicted octanol–water partition coefficient (Wildman–Crippen LogP) is 1.13. The molecule has 1 aromatic carbocycles. The summed E-state index contributed by atoms with van der Waals surface area (Å²) in [4.78, 5) is 23.2. The number of hydrogen-bond acceptors (Lipinski definition) is 5. The lowest BCUT2D eigenvalue weighted by Crippen LogP contribution is -2.35. The van der Waals surface area contributed by atoms with Crippen LogP contribution in [0.2, 0.25) is 0 Å².